The van der Waals surface area contributed by atoms with Crippen LogP contribution in [0.2, 0.25) is 10.0 Å². The molecule has 0 aliphatic carbocycles. The number of anilines is 1. The number of aryl methyl sites for hydroxylation is 2. The molecular weight excluding hydrogens is 535 g/mol. The zero-order valence-corrected chi connectivity index (χ0v) is 23.2. The molecule has 2 heterocycles. The Morgan fingerprint density at radius 1 is 1.00 bits per heavy atom. The average molecular weight is 561 g/mol. The third kappa shape index (κ3) is 5.16. The third-order valence-electron chi connectivity index (χ3n) is 5.95. The van der Waals surface area contributed by atoms with Gasteiger partial charge in [-0.25, -0.2) is 13.2 Å². The number of nitrogens with zero attached hydrogens (tertiary/aromatic N) is 4. The van der Waals surface area contributed by atoms with Gasteiger partial charge in [-0.15, -0.1) is 5.10 Å². The molecule has 0 saturated carbocycles. The van der Waals surface area contributed by atoms with Crippen molar-refractivity contribution in [2.24, 2.45) is 5.41 Å². The van der Waals surface area contributed by atoms with E-state index in [1.54, 1.807) is 39.0 Å². The summed E-state index contributed by atoms with van der Waals surface area (Å²) in [5.41, 5.74) is 1.63. The summed E-state index contributed by atoms with van der Waals surface area (Å²) in [5.74, 6) is -0.680. The number of halogens is 2. The standard InChI is InChI=1S/C26H26Cl2N4O4S/c1-15-14-31(23-9-6-16(2)29-30-23)22-8-7-19(13-21(15)22)32(24(25(33)34)26(3,4)5)37(35,36)20-11-17(27)10-18(28)12-20/h6-14,24H,1-5H3,(H,33,34). The number of benzene rings is 2. The Balaban J connectivity index is 1.97. The molecule has 0 amide bonds. The topological polar surface area (TPSA) is 105 Å². The van der Waals surface area contributed by atoms with Crippen molar-refractivity contribution in [3.05, 3.63) is 76.0 Å². The van der Waals surface area contributed by atoms with Crippen molar-refractivity contribution >= 4 is 55.8 Å². The van der Waals surface area contributed by atoms with E-state index in [1.165, 1.54) is 18.2 Å². The van der Waals surface area contributed by atoms with Crippen molar-refractivity contribution in [3.63, 3.8) is 0 Å². The molecule has 2 aromatic carbocycles. The fourth-order valence-electron chi connectivity index (χ4n) is 4.27. The van der Waals surface area contributed by atoms with E-state index in [0.717, 1.165) is 26.5 Å². The van der Waals surface area contributed by atoms with Gasteiger partial charge in [-0.05, 0) is 73.4 Å². The average Bonchev–Trinajstić information content (AvgIpc) is 3.11. The molecule has 0 spiro atoms. The van der Waals surface area contributed by atoms with Crippen molar-refractivity contribution in [2.45, 2.75) is 45.6 Å². The van der Waals surface area contributed by atoms with Gasteiger partial charge in [0.1, 0.15) is 6.04 Å². The van der Waals surface area contributed by atoms with Gasteiger partial charge in [0.05, 0.1) is 21.8 Å². The second-order valence-corrected chi connectivity index (χ2v) is 12.6. The van der Waals surface area contributed by atoms with E-state index in [0.29, 0.717) is 5.82 Å². The lowest BCUT2D eigenvalue weighted by molar-refractivity contribution is -0.140. The Morgan fingerprint density at radius 3 is 2.19 bits per heavy atom. The van der Waals surface area contributed by atoms with Crippen LogP contribution in [-0.2, 0) is 14.8 Å². The largest absolute Gasteiger partial charge is 0.480 e. The fourth-order valence-corrected chi connectivity index (χ4v) is 6.78. The van der Waals surface area contributed by atoms with Crippen molar-refractivity contribution in [2.75, 3.05) is 4.31 Å². The van der Waals surface area contributed by atoms with Gasteiger partial charge in [0.15, 0.2) is 5.82 Å². The van der Waals surface area contributed by atoms with Gasteiger partial charge < -0.3 is 5.11 Å². The zero-order chi connectivity index (χ0) is 27.3. The summed E-state index contributed by atoms with van der Waals surface area (Å²) in [4.78, 5) is 12.3. The first-order valence-corrected chi connectivity index (χ1v) is 13.6. The van der Waals surface area contributed by atoms with Gasteiger partial charge in [0.25, 0.3) is 10.0 Å². The van der Waals surface area contributed by atoms with E-state index in [-0.39, 0.29) is 20.6 Å². The highest BCUT2D eigenvalue weighted by Gasteiger charge is 2.43. The molecule has 194 valence electrons. The molecule has 37 heavy (non-hydrogen) atoms. The van der Waals surface area contributed by atoms with Gasteiger partial charge >= 0.3 is 5.97 Å². The smallest absolute Gasteiger partial charge is 0.328 e. The van der Waals surface area contributed by atoms with Crippen LogP contribution in [0.5, 0.6) is 0 Å². The molecule has 0 aliphatic heterocycles. The van der Waals surface area contributed by atoms with E-state index in [9.17, 15) is 18.3 Å². The third-order valence-corrected chi connectivity index (χ3v) is 8.16. The maximum Gasteiger partial charge on any atom is 0.328 e. The summed E-state index contributed by atoms with van der Waals surface area (Å²) in [6.45, 7) is 8.76. The highest BCUT2D eigenvalue weighted by molar-refractivity contribution is 7.93. The number of carboxylic acid groups (broad SMARTS) is 1. The fraction of sp³-hybridized carbons (Fsp3) is 0.269. The normalized spacial score (nSPS) is 13.1. The molecule has 4 aromatic rings. The molecule has 2 aromatic heterocycles. The van der Waals surface area contributed by atoms with Crippen LogP contribution in [0.1, 0.15) is 32.0 Å². The van der Waals surface area contributed by atoms with Crippen LogP contribution in [0.25, 0.3) is 16.7 Å². The molecule has 0 bridgehead atoms. The summed E-state index contributed by atoms with van der Waals surface area (Å²) in [6, 6.07) is 11.2. The molecule has 0 fully saturated rings. The minimum absolute atomic E-state index is 0.122. The lowest BCUT2D eigenvalue weighted by Crippen LogP contribution is -2.52. The Hall–Kier alpha value is -3.14. The number of rotatable bonds is 6. The number of hydrogen-bond acceptors (Lipinski definition) is 5. The summed E-state index contributed by atoms with van der Waals surface area (Å²) in [6.07, 6.45) is 1.88. The predicted octanol–water partition coefficient (Wildman–Crippen LogP) is 6.04. The van der Waals surface area contributed by atoms with Crippen molar-refractivity contribution in [1.82, 2.24) is 14.8 Å². The van der Waals surface area contributed by atoms with Crippen LogP contribution in [0.4, 0.5) is 5.69 Å². The second-order valence-electron chi connectivity index (χ2n) is 9.93. The van der Waals surface area contributed by atoms with Crippen LogP contribution in [0.15, 0.2) is 59.6 Å². The van der Waals surface area contributed by atoms with Gasteiger partial charge in [-0.1, -0.05) is 44.0 Å². The quantitative estimate of drug-likeness (QED) is 0.308. The second kappa shape index (κ2) is 9.63. The Labute approximate surface area is 225 Å². The predicted molar refractivity (Wildman–Crippen MR) is 145 cm³/mol. The number of fused-ring (bicyclic) bond motifs is 1. The van der Waals surface area contributed by atoms with Crippen molar-refractivity contribution in [3.8, 4) is 5.82 Å². The lowest BCUT2D eigenvalue weighted by Gasteiger charge is -2.37. The van der Waals surface area contributed by atoms with Crippen molar-refractivity contribution < 1.29 is 18.3 Å². The van der Waals surface area contributed by atoms with Crippen LogP contribution >= 0.6 is 23.2 Å². The number of carboxylic acids is 1. The van der Waals surface area contributed by atoms with E-state index < -0.39 is 27.4 Å². The van der Waals surface area contributed by atoms with Crippen LogP contribution in [0.3, 0.4) is 0 Å². The monoisotopic (exact) mass is 560 g/mol. The number of aliphatic carboxylic acids is 1. The first-order chi connectivity index (χ1) is 17.2. The molecule has 8 nitrogen and oxygen atoms in total. The molecule has 11 heteroatoms. The molecule has 1 unspecified atom stereocenters. The van der Waals surface area contributed by atoms with Gasteiger partial charge in [0.2, 0.25) is 0 Å². The maximum atomic E-state index is 14.0. The first kappa shape index (κ1) is 26.9. The van der Waals surface area contributed by atoms with E-state index >= 15 is 0 Å². The first-order valence-electron chi connectivity index (χ1n) is 11.4. The molecule has 0 aliphatic rings. The Bertz CT molecular complexity index is 1590. The molecule has 0 saturated heterocycles. The summed E-state index contributed by atoms with van der Waals surface area (Å²) >= 11 is 12.2. The van der Waals surface area contributed by atoms with Crippen molar-refractivity contribution in [1.29, 1.82) is 0 Å². The van der Waals surface area contributed by atoms with Gasteiger partial charge in [-0.2, -0.15) is 5.10 Å². The van der Waals surface area contributed by atoms with Crippen LogP contribution < -0.4 is 4.31 Å². The summed E-state index contributed by atoms with van der Waals surface area (Å²) < 4.78 is 30.9. The summed E-state index contributed by atoms with van der Waals surface area (Å²) in [7, 11) is -4.40. The maximum absolute atomic E-state index is 14.0. The van der Waals surface area contributed by atoms with Crippen LogP contribution in [-0.4, -0.2) is 40.3 Å². The van der Waals surface area contributed by atoms with Crippen LogP contribution in [0, 0.1) is 19.3 Å². The number of aromatic nitrogens is 3. The minimum atomic E-state index is -4.40. The Kier molecular flexibility index (Phi) is 7.00. The molecule has 0 radical (unpaired) electrons. The SMILES string of the molecule is Cc1ccc(-n2cc(C)c3cc(N(C(C(=O)O)C(C)(C)C)S(=O)(=O)c4cc(Cl)cc(Cl)c4)ccc32)nn1. The molecular formula is C26H26Cl2N4O4S. The molecule has 4 rings (SSSR count). The minimum Gasteiger partial charge on any atom is -0.480 e. The van der Waals surface area contributed by atoms with E-state index in [2.05, 4.69) is 10.2 Å². The number of carbonyl (C=O) groups is 1. The zero-order valence-electron chi connectivity index (χ0n) is 20.9. The number of sulfonamides is 1. The number of hydrogen-bond donors (Lipinski definition) is 1. The lowest BCUT2D eigenvalue weighted by atomic mass is 9.86. The highest BCUT2D eigenvalue weighted by atomic mass is 35.5. The Morgan fingerprint density at radius 2 is 1.65 bits per heavy atom. The van der Waals surface area contributed by atoms with E-state index in [4.69, 9.17) is 23.2 Å². The molecule has 1 N–H and O–H groups in total. The highest BCUT2D eigenvalue weighted by Crippen LogP contribution is 2.38. The summed E-state index contributed by atoms with van der Waals surface area (Å²) in [5, 5.41) is 19.6. The van der Waals surface area contributed by atoms with Gasteiger partial charge in [0, 0.05) is 21.6 Å². The van der Waals surface area contributed by atoms with E-state index in [1.807, 2.05) is 36.7 Å². The van der Waals surface area contributed by atoms with Gasteiger partial charge in [-0.3, -0.25) is 8.87 Å². The molecule has 1 atom stereocenters.